The maximum absolute atomic E-state index is 13.6. The zero-order valence-corrected chi connectivity index (χ0v) is 20.5. The van der Waals surface area contributed by atoms with Crippen LogP contribution in [0.3, 0.4) is 0 Å². The molecule has 0 amide bonds. The normalized spacial score (nSPS) is 14.5. The van der Waals surface area contributed by atoms with Gasteiger partial charge in [0.1, 0.15) is 6.61 Å². The molecule has 1 unspecified atom stereocenters. The fraction of sp³-hybridized carbons (Fsp3) is 0.276. The first-order chi connectivity index (χ1) is 17.0. The Bertz CT molecular complexity index is 1320. The third-order valence-corrected chi connectivity index (χ3v) is 6.24. The fourth-order valence-electron chi connectivity index (χ4n) is 4.56. The monoisotopic (exact) mass is 467 g/mol. The molecule has 0 saturated carbocycles. The van der Waals surface area contributed by atoms with Crippen LogP contribution in [0.2, 0.25) is 0 Å². The van der Waals surface area contributed by atoms with Crippen LogP contribution in [0.4, 0.5) is 5.69 Å². The molecule has 0 aliphatic carbocycles. The van der Waals surface area contributed by atoms with E-state index in [9.17, 15) is 10.1 Å². The van der Waals surface area contributed by atoms with Crippen molar-refractivity contribution in [3.05, 3.63) is 99.4 Å². The van der Waals surface area contributed by atoms with Gasteiger partial charge in [0.05, 0.1) is 41.0 Å². The summed E-state index contributed by atoms with van der Waals surface area (Å²) in [5.41, 5.74) is 7.32. The molecule has 1 aromatic heterocycles. The average Bonchev–Trinajstić information content (AvgIpc) is 2.88. The molecule has 0 bridgehead atoms. The number of pyridine rings is 1. The number of nitrogens with zero attached hydrogens (tertiary/aromatic N) is 2. The number of carbonyl (C=O) groups excluding carboxylic acids is 1. The number of benzene rings is 2. The van der Waals surface area contributed by atoms with Crippen LogP contribution in [0.1, 0.15) is 60.1 Å². The molecular formula is C29H29N3O3. The number of hydrogen-bond acceptors (Lipinski definition) is 6. The summed E-state index contributed by atoms with van der Waals surface area (Å²) in [6.45, 7) is 8.45. The van der Waals surface area contributed by atoms with E-state index in [1.165, 1.54) is 0 Å². The van der Waals surface area contributed by atoms with Crippen molar-refractivity contribution in [2.75, 3.05) is 11.9 Å². The van der Waals surface area contributed by atoms with E-state index in [0.29, 0.717) is 30.0 Å². The molecule has 0 radical (unpaired) electrons. The van der Waals surface area contributed by atoms with Crippen LogP contribution in [-0.2, 0) is 22.6 Å². The first kappa shape index (κ1) is 24.0. The van der Waals surface area contributed by atoms with Crippen molar-refractivity contribution in [3.63, 3.8) is 0 Å². The molecular weight excluding hydrogens is 438 g/mol. The maximum atomic E-state index is 13.6. The molecule has 0 spiro atoms. The molecule has 178 valence electrons. The van der Waals surface area contributed by atoms with Gasteiger partial charge in [0.25, 0.3) is 0 Å². The van der Waals surface area contributed by atoms with E-state index in [1.807, 2.05) is 70.2 Å². The van der Waals surface area contributed by atoms with Gasteiger partial charge in [0.15, 0.2) is 0 Å². The van der Waals surface area contributed by atoms with E-state index in [0.717, 1.165) is 39.2 Å². The van der Waals surface area contributed by atoms with Gasteiger partial charge in [0.2, 0.25) is 5.88 Å². The number of aryl methyl sites for hydroxylation is 2. The van der Waals surface area contributed by atoms with Crippen molar-refractivity contribution in [2.45, 2.75) is 46.6 Å². The first-order valence-electron chi connectivity index (χ1n) is 11.8. The summed E-state index contributed by atoms with van der Waals surface area (Å²) in [5.74, 6) is -0.367. The minimum absolute atomic E-state index is 0.175. The van der Waals surface area contributed by atoms with E-state index >= 15 is 0 Å². The van der Waals surface area contributed by atoms with Crippen molar-refractivity contribution in [1.82, 2.24) is 4.98 Å². The highest BCUT2D eigenvalue weighted by Gasteiger charge is 2.38. The number of rotatable bonds is 7. The largest absolute Gasteiger partial charge is 0.478 e. The third-order valence-electron chi connectivity index (χ3n) is 6.24. The number of ether oxygens (including phenoxy) is 2. The predicted octanol–water partition coefficient (Wildman–Crippen LogP) is 5.80. The lowest BCUT2D eigenvalue weighted by Crippen LogP contribution is -2.26. The number of allylic oxidation sites excluding steroid dienone is 1. The van der Waals surface area contributed by atoms with Crippen LogP contribution in [0.25, 0.3) is 0 Å². The van der Waals surface area contributed by atoms with Gasteiger partial charge in [-0.2, -0.15) is 5.26 Å². The second-order valence-electron chi connectivity index (χ2n) is 8.51. The SMILES string of the molecule is CCOc1ncc(C)c2c1C(c1ccc(C#N)cc1CC)C(C(=O)OCc1ccccc1)=C(C)N2. The summed E-state index contributed by atoms with van der Waals surface area (Å²) in [6, 6.07) is 17.5. The van der Waals surface area contributed by atoms with Gasteiger partial charge >= 0.3 is 5.97 Å². The van der Waals surface area contributed by atoms with Gasteiger partial charge in [-0.1, -0.05) is 43.3 Å². The van der Waals surface area contributed by atoms with Gasteiger partial charge in [-0.05, 0) is 61.6 Å². The number of nitriles is 1. The second-order valence-corrected chi connectivity index (χ2v) is 8.51. The van der Waals surface area contributed by atoms with Crippen molar-refractivity contribution in [1.29, 1.82) is 5.26 Å². The van der Waals surface area contributed by atoms with Crippen LogP contribution >= 0.6 is 0 Å². The van der Waals surface area contributed by atoms with Crippen LogP contribution in [-0.4, -0.2) is 17.6 Å². The van der Waals surface area contributed by atoms with E-state index in [1.54, 1.807) is 12.3 Å². The minimum Gasteiger partial charge on any atom is -0.478 e. The van der Waals surface area contributed by atoms with Gasteiger partial charge in [-0.25, -0.2) is 9.78 Å². The van der Waals surface area contributed by atoms with Gasteiger partial charge in [-0.3, -0.25) is 0 Å². The lowest BCUT2D eigenvalue weighted by molar-refractivity contribution is -0.140. The van der Waals surface area contributed by atoms with Gasteiger partial charge in [0, 0.05) is 11.9 Å². The molecule has 6 heteroatoms. The van der Waals surface area contributed by atoms with E-state index in [4.69, 9.17) is 9.47 Å². The van der Waals surface area contributed by atoms with Gasteiger partial charge in [-0.15, -0.1) is 0 Å². The number of esters is 1. The Morgan fingerprint density at radius 1 is 1.14 bits per heavy atom. The molecule has 1 N–H and O–H groups in total. The second kappa shape index (κ2) is 10.4. The molecule has 1 atom stereocenters. The lowest BCUT2D eigenvalue weighted by atomic mass is 9.78. The first-order valence-corrected chi connectivity index (χ1v) is 11.8. The zero-order chi connectivity index (χ0) is 24.9. The molecule has 2 heterocycles. The number of carbonyl (C=O) groups is 1. The topological polar surface area (TPSA) is 84.2 Å². The fourth-order valence-corrected chi connectivity index (χ4v) is 4.56. The zero-order valence-electron chi connectivity index (χ0n) is 20.5. The van der Waals surface area contributed by atoms with E-state index in [-0.39, 0.29) is 6.61 Å². The van der Waals surface area contributed by atoms with Crippen molar-refractivity contribution < 1.29 is 14.3 Å². The summed E-state index contributed by atoms with van der Waals surface area (Å²) in [5, 5.41) is 12.9. The highest BCUT2D eigenvalue weighted by Crippen LogP contribution is 2.48. The highest BCUT2D eigenvalue weighted by atomic mass is 16.5. The summed E-state index contributed by atoms with van der Waals surface area (Å²) < 4.78 is 11.7. The molecule has 35 heavy (non-hydrogen) atoms. The van der Waals surface area contributed by atoms with Crippen LogP contribution in [0.15, 0.2) is 66.0 Å². The molecule has 3 aromatic rings. The van der Waals surface area contributed by atoms with E-state index in [2.05, 4.69) is 16.4 Å². The standard InChI is InChI=1S/C29H29N3O3/c1-5-22-14-21(15-30)12-13-23(22)25-24(29(33)35-17-20-10-8-7-9-11-20)19(4)32-27-18(3)16-31-28(26(25)27)34-6-2/h7-14,16,25,32H,5-6,17H2,1-4H3. The van der Waals surface area contributed by atoms with Crippen molar-refractivity contribution in [3.8, 4) is 11.9 Å². The quantitative estimate of drug-likeness (QED) is 0.442. The van der Waals surface area contributed by atoms with Crippen LogP contribution < -0.4 is 10.1 Å². The summed E-state index contributed by atoms with van der Waals surface area (Å²) in [6.07, 6.45) is 2.48. The van der Waals surface area contributed by atoms with Crippen molar-refractivity contribution in [2.24, 2.45) is 0 Å². The maximum Gasteiger partial charge on any atom is 0.337 e. The smallest absolute Gasteiger partial charge is 0.337 e. The number of anilines is 1. The van der Waals surface area contributed by atoms with Crippen LogP contribution in [0, 0.1) is 18.3 Å². The summed E-state index contributed by atoms with van der Waals surface area (Å²) in [7, 11) is 0. The highest BCUT2D eigenvalue weighted by molar-refractivity contribution is 5.95. The average molecular weight is 468 g/mol. The molecule has 0 fully saturated rings. The van der Waals surface area contributed by atoms with Crippen LogP contribution in [0.5, 0.6) is 5.88 Å². The predicted molar refractivity (Wildman–Crippen MR) is 135 cm³/mol. The molecule has 1 aliphatic rings. The Labute approximate surface area is 206 Å². The number of fused-ring (bicyclic) bond motifs is 1. The summed E-state index contributed by atoms with van der Waals surface area (Å²) >= 11 is 0. The molecule has 4 rings (SSSR count). The Kier molecular flexibility index (Phi) is 7.17. The number of hydrogen-bond donors (Lipinski definition) is 1. The summed E-state index contributed by atoms with van der Waals surface area (Å²) in [4.78, 5) is 18.2. The van der Waals surface area contributed by atoms with Crippen molar-refractivity contribution >= 4 is 11.7 Å². The number of aromatic nitrogens is 1. The van der Waals surface area contributed by atoms with E-state index < -0.39 is 11.9 Å². The Balaban J connectivity index is 1.88. The Morgan fingerprint density at radius 3 is 2.60 bits per heavy atom. The molecule has 0 saturated heterocycles. The Morgan fingerprint density at radius 2 is 1.91 bits per heavy atom. The molecule has 6 nitrogen and oxygen atoms in total. The number of nitrogens with one attached hydrogen (secondary N) is 1. The third kappa shape index (κ3) is 4.76. The van der Waals surface area contributed by atoms with Gasteiger partial charge < -0.3 is 14.8 Å². The Hall–Kier alpha value is -4.11. The minimum atomic E-state index is -0.453. The lowest BCUT2D eigenvalue weighted by Gasteiger charge is -2.33. The molecule has 2 aromatic carbocycles. The molecule has 1 aliphatic heterocycles.